The average molecular weight is 375 g/mol. The third-order valence-corrected chi connectivity index (χ3v) is 5.16. The van der Waals surface area contributed by atoms with Crippen LogP contribution in [0.3, 0.4) is 0 Å². The van der Waals surface area contributed by atoms with Crippen molar-refractivity contribution in [1.82, 2.24) is 4.57 Å². The SMILES string of the molecule is Cc1ccc(C)n1-c1ccc(C(=O)Nc2ccc(N3CCOCC3)cc2)cc1. The molecule has 0 spiro atoms. The predicted octanol–water partition coefficient (Wildman–Crippen LogP) is 4.18. The van der Waals surface area contributed by atoms with Gasteiger partial charge in [-0.1, -0.05) is 0 Å². The quantitative estimate of drug-likeness (QED) is 0.744. The molecule has 5 heteroatoms. The van der Waals surface area contributed by atoms with E-state index in [1.165, 1.54) is 11.4 Å². The second-order valence-electron chi connectivity index (χ2n) is 7.10. The maximum absolute atomic E-state index is 12.6. The maximum Gasteiger partial charge on any atom is 0.255 e. The number of rotatable bonds is 4. The molecule has 0 radical (unpaired) electrons. The molecule has 1 fully saturated rings. The molecule has 5 nitrogen and oxygen atoms in total. The van der Waals surface area contributed by atoms with E-state index in [-0.39, 0.29) is 5.91 Å². The first-order valence-corrected chi connectivity index (χ1v) is 9.61. The van der Waals surface area contributed by atoms with E-state index in [1.807, 2.05) is 48.5 Å². The monoisotopic (exact) mass is 375 g/mol. The number of carbonyl (C=O) groups excluding carboxylic acids is 1. The van der Waals surface area contributed by atoms with Gasteiger partial charge in [0, 0.05) is 47.1 Å². The third kappa shape index (κ3) is 3.80. The highest BCUT2D eigenvalue weighted by molar-refractivity contribution is 6.04. The van der Waals surface area contributed by atoms with Gasteiger partial charge in [-0.25, -0.2) is 0 Å². The summed E-state index contributed by atoms with van der Waals surface area (Å²) in [4.78, 5) is 14.9. The second-order valence-corrected chi connectivity index (χ2v) is 7.10. The highest BCUT2D eigenvalue weighted by Gasteiger charge is 2.12. The van der Waals surface area contributed by atoms with E-state index in [1.54, 1.807) is 0 Å². The number of hydrogen-bond donors (Lipinski definition) is 1. The van der Waals surface area contributed by atoms with Gasteiger partial charge in [-0.05, 0) is 74.5 Å². The van der Waals surface area contributed by atoms with E-state index in [0.717, 1.165) is 43.4 Å². The Morgan fingerprint density at radius 1 is 0.821 bits per heavy atom. The number of amides is 1. The minimum atomic E-state index is -0.105. The zero-order valence-electron chi connectivity index (χ0n) is 16.3. The summed E-state index contributed by atoms with van der Waals surface area (Å²) in [5.74, 6) is -0.105. The summed E-state index contributed by atoms with van der Waals surface area (Å²) in [5, 5.41) is 2.98. The van der Waals surface area contributed by atoms with Gasteiger partial charge >= 0.3 is 0 Å². The maximum atomic E-state index is 12.6. The molecule has 1 N–H and O–H groups in total. The summed E-state index contributed by atoms with van der Waals surface area (Å²) in [5.41, 5.74) is 6.01. The number of nitrogens with one attached hydrogen (secondary N) is 1. The minimum Gasteiger partial charge on any atom is -0.378 e. The van der Waals surface area contributed by atoms with Gasteiger partial charge in [-0.15, -0.1) is 0 Å². The Kier molecular flexibility index (Phi) is 5.17. The normalized spacial score (nSPS) is 14.1. The Morgan fingerprint density at radius 2 is 1.39 bits per heavy atom. The van der Waals surface area contributed by atoms with Crippen molar-refractivity contribution >= 4 is 17.3 Å². The molecule has 1 saturated heterocycles. The zero-order valence-corrected chi connectivity index (χ0v) is 16.3. The Balaban J connectivity index is 1.43. The molecule has 1 aliphatic heterocycles. The standard InChI is InChI=1S/C23H25N3O2/c1-17-3-4-18(2)26(17)22-9-5-19(6-10-22)23(27)24-20-7-11-21(12-8-20)25-13-15-28-16-14-25/h3-12H,13-16H2,1-2H3,(H,24,27). The lowest BCUT2D eigenvalue weighted by molar-refractivity contribution is 0.102. The molecule has 0 aliphatic carbocycles. The van der Waals surface area contributed by atoms with E-state index in [4.69, 9.17) is 4.74 Å². The summed E-state index contributed by atoms with van der Waals surface area (Å²) in [6.45, 7) is 7.48. The van der Waals surface area contributed by atoms with Crippen LogP contribution >= 0.6 is 0 Å². The lowest BCUT2D eigenvalue weighted by atomic mass is 10.1. The first-order valence-electron chi connectivity index (χ1n) is 9.61. The van der Waals surface area contributed by atoms with Crippen LogP contribution in [0, 0.1) is 13.8 Å². The van der Waals surface area contributed by atoms with Crippen molar-refractivity contribution in [3.05, 3.63) is 77.6 Å². The smallest absolute Gasteiger partial charge is 0.255 e. The van der Waals surface area contributed by atoms with Crippen molar-refractivity contribution in [2.45, 2.75) is 13.8 Å². The lowest BCUT2D eigenvalue weighted by Gasteiger charge is -2.28. The summed E-state index contributed by atoms with van der Waals surface area (Å²) in [6.07, 6.45) is 0. The molecule has 1 aromatic heterocycles. The van der Waals surface area contributed by atoms with Crippen LogP contribution in [-0.2, 0) is 4.74 Å². The molecule has 2 heterocycles. The van der Waals surface area contributed by atoms with Gasteiger partial charge in [0.15, 0.2) is 0 Å². The van der Waals surface area contributed by atoms with Crippen molar-refractivity contribution in [3.8, 4) is 5.69 Å². The van der Waals surface area contributed by atoms with Crippen LogP contribution < -0.4 is 10.2 Å². The number of aryl methyl sites for hydroxylation is 2. The van der Waals surface area contributed by atoms with Crippen molar-refractivity contribution < 1.29 is 9.53 Å². The fourth-order valence-corrected chi connectivity index (χ4v) is 3.62. The Bertz CT molecular complexity index is 933. The van der Waals surface area contributed by atoms with Crippen LogP contribution in [0.2, 0.25) is 0 Å². The minimum absolute atomic E-state index is 0.105. The third-order valence-electron chi connectivity index (χ3n) is 5.16. The van der Waals surface area contributed by atoms with Crippen LogP contribution in [0.1, 0.15) is 21.7 Å². The van der Waals surface area contributed by atoms with Gasteiger partial charge in [0.1, 0.15) is 0 Å². The van der Waals surface area contributed by atoms with Gasteiger partial charge in [0.2, 0.25) is 0 Å². The number of ether oxygens (including phenoxy) is 1. The highest BCUT2D eigenvalue weighted by Crippen LogP contribution is 2.20. The number of aromatic nitrogens is 1. The van der Waals surface area contributed by atoms with Gasteiger partial charge < -0.3 is 19.5 Å². The van der Waals surface area contributed by atoms with Crippen LogP contribution in [0.5, 0.6) is 0 Å². The molecule has 1 amide bonds. The van der Waals surface area contributed by atoms with Crippen molar-refractivity contribution in [2.24, 2.45) is 0 Å². The van der Waals surface area contributed by atoms with Crippen molar-refractivity contribution in [1.29, 1.82) is 0 Å². The molecule has 144 valence electrons. The molecule has 0 saturated carbocycles. The molecule has 0 unspecified atom stereocenters. The van der Waals surface area contributed by atoms with E-state index < -0.39 is 0 Å². The highest BCUT2D eigenvalue weighted by atomic mass is 16.5. The molecular formula is C23H25N3O2. The fourth-order valence-electron chi connectivity index (χ4n) is 3.62. The molecule has 0 atom stereocenters. The molecular weight excluding hydrogens is 350 g/mol. The van der Waals surface area contributed by atoms with E-state index in [2.05, 4.69) is 40.8 Å². The zero-order chi connectivity index (χ0) is 19.5. The van der Waals surface area contributed by atoms with E-state index in [0.29, 0.717) is 5.56 Å². The van der Waals surface area contributed by atoms with Gasteiger partial charge in [-0.2, -0.15) is 0 Å². The number of carbonyl (C=O) groups is 1. The van der Waals surface area contributed by atoms with Crippen LogP contribution in [0.15, 0.2) is 60.7 Å². The summed E-state index contributed by atoms with van der Waals surface area (Å²) < 4.78 is 7.56. The predicted molar refractivity (Wildman–Crippen MR) is 113 cm³/mol. The number of morpholine rings is 1. The van der Waals surface area contributed by atoms with Crippen molar-refractivity contribution in [2.75, 3.05) is 36.5 Å². The number of benzene rings is 2. The lowest BCUT2D eigenvalue weighted by Crippen LogP contribution is -2.36. The Labute approximate surface area is 165 Å². The molecule has 28 heavy (non-hydrogen) atoms. The van der Waals surface area contributed by atoms with Gasteiger partial charge in [-0.3, -0.25) is 4.79 Å². The molecule has 3 aromatic rings. The van der Waals surface area contributed by atoms with Crippen molar-refractivity contribution in [3.63, 3.8) is 0 Å². The van der Waals surface area contributed by atoms with Crippen LogP contribution in [0.4, 0.5) is 11.4 Å². The molecule has 1 aliphatic rings. The second kappa shape index (κ2) is 7.90. The topological polar surface area (TPSA) is 46.5 Å². The molecule has 2 aromatic carbocycles. The molecule has 4 rings (SSSR count). The largest absolute Gasteiger partial charge is 0.378 e. The van der Waals surface area contributed by atoms with E-state index in [9.17, 15) is 4.79 Å². The Hall–Kier alpha value is -3.05. The van der Waals surface area contributed by atoms with Crippen LogP contribution in [0.25, 0.3) is 5.69 Å². The Morgan fingerprint density at radius 3 is 2.00 bits per heavy atom. The molecule has 0 bridgehead atoms. The number of hydrogen-bond acceptors (Lipinski definition) is 3. The van der Waals surface area contributed by atoms with E-state index >= 15 is 0 Å². The van der Waals surface area contributed by atoms with Gasteiger partial charge in [0.05, 0.1) is 13.2 Å². The fraction of sp³-hybridized carbons (Fsp3) is 0.261. The first-order chi connectivity index (χ1) is 13.6. The summed E-state index contributed by atoms with van der Waals surface area (Å²) >= 11 is 0. The number of anilines is 2. The summed E-state index contributed by atoms with van der Waals surface area (Å²) in [7, 11) is 0. The number of nitrogens with zero attached hydrogens (tertiary/aromatic N) is 2. The first kappa shape index (κ1) is 18.3. The summed E-state index contributed by atoms with van der Waals surface area (Å²) in [6, 6.07) is 19.9. The average Bonchev–Trinajstić information content (AvgIpc) is 3.07. The van der Waals surface area contributed by atoms with Crippen LogP contribution in [-0.4, -0.2) is 36.8 Å². The van der Waals surface area contributed by atoms with Gasteiger partial charge in [0.25, 0.3) is 5.91 Å².